The first-order chi connectivity index (χ1) is 6.51. The van der Waals surface area contributed by atoms with Crippen LogP contribution in [0, 0.1) is 0 Å². The highest BCUT2D eigenvalue weighted by atomic mass is 79.9. The highest BCUT2D eigenvalue weighted by Crippen LogP contribution is 2.30. The Labute approximate surface area is 93.6 Å². The number of benzene rings is 1. The van der Waals surface area contributed by atoms with Crippen molar-refractivity contribution in [1.82, 2.24) is 0 Å². The Hall–Kier alpha value is -0.540. The third kappa shape index (κ3) is 2.28. The van der Waals surface area contributed by atoms with Crippen LogP contribution in [0.5, 0.6) is 5.75 Å². The van der Waals surface area contributed by atoms with E-state index in [1.54, 1.807) is 7.11 Å². The van der Waals surface area contributed by atoms with Crippen molar-refractivity contribution in [2.45, 2.75) is 25.8 Å². The first kappa shape index (κ1) is 11.5. The van der Waals surface area contributed by atoms with Gasteiger partial charge < -0.3 is 10.5 Å². The molecule has 14 heavy (non-hydrogen) atoms. The van der Waals surface area contributed by atoms with Crippen molar-refractivity contribution < 1.29 is 4.74 Å². The lowest BCUT2D eigenvalue weighted by molar-refractivity contribution is 0.410. The van der Waals surface area contributed by atoms with Crippen molar-refractivity contribution in [2.24, 2.45) is 5.73 Å². The van der Waals surface area contributed by atoms with Gasteiger partial charge in [0.1, 0.15) is 5.75 Å². The van der Waals surface area contributed by atoms with Gasteiger partial charge in [-0.25, -0.2) is 0 Å². The van der Waals surface area contributed by atoms with Crippen LogP contribution in [0.15, 0.2) is 22.7 Å². The highest BCUT2D eigenvalue weighted by Gasteiger charge is 2.19. The summed E-state index contributed by atoms with van der Waals surface area (Å²) in [4.78, 5) is 0. The smallest absolute Gasteiger partial charge is 0.133 e. The van der Waals surface area contributed by atoms with Gasteiger partial charge in [0.15, 0.2) is 0 Å². The fraction of sp³-hybridized carbons (Fsp3) is 0.455. The van der Waals surface area contributed by atoms with Crippen molar-refractivity contribution in [1.29, 1.82) is 0 Å². The molecule has 0 saturated carbocycles. The fourth-order valence-corrected chi connectivity index (χ4v) is 1.77. The van der Waals surface area contributed by atoms with Crippen LogP contribution >= 0.6 is 15.9 Å². The van der Waals surface area contributed by atoms with Crippen LogP contribution in [0.1, 0.15) is 25.8 Å². The highest BCUT2D eigenvalue weighted by molar-refractivity contribution is 9.10. The summed E-state index contributed by atoms with van der Waals surface area (Å²) in [6.07, 6.45) is 0.909. The fourth-order valence-electron chi connectivity index (χ4n) is 1.23. The van der Waals surface area contributed by atoms with Crippen LogP contribution in [-0.4, -0.2) is 7.11 Å². The first-order valence-corrected chi connectivity index (χ1v) is 5.43. The minimum absolute atomic E-state index is 0.269. The van der Waals surface area contributed by atoms with Gasteiger partial charge in [-0.1, -0.05) is 13.0 Å². The summed E-state index contributed by atoms with van der Waals surface area (Å²) < 4.78 is 6.11. The van der Waals surface area contributed by atoms with Crippen LogP contribution in [0.25, 0.3) is 0 Å². The van der Waals surface area contributed by atoms with Gasteiger partial charge in [-0.3, -0.25) is 0 Å². The molecule has 0 aliphatic heterocycles. The van der Waals surface area contributed by atoms with Gasteiger partial charge in [-0.2, -0.15) is 0 Å². The summed E-state index contributed by atoms with van der Waals surface area (Å²) in [6, 6.07) is 5.95. The molecule has 1 atom stereocenters. The quantitative estimate of drug-likeness (QED) is 0.904. The Morgan fingerprint density at radius 1 is 1.50 bits per heavy atom. The van der Waals surface area contributed by atoms with Crippen molar-refractivity contribution in [3.05, 3.63) is 28.2 Å². The Kier molecular flexibility index (Phi) is 3.56. The summed E-state index contributed by atoms with van der Waals surface area (Å²) in [5, 5.41) is 0. The standard InChI is InChI=1S/C11H16BrNO/c1-4-11(2,13)8-5-6-10(14-3)9(12)7-8/h5-7H,4,13H2,1-3H3. The monoisotopic (exact) mass is 257 g/mol. The van der Waals surface area contributed by atoms with E-state index >= 15 is 0 Å². The van der Waals surface area contributed by atoms with Crippen LogP contribution in [0.4, 0.5) is 0 Å². The number of hydrogen-bond donors (Lipinski definition) is 1. The lowest BCUT2D eigenvalue weighted by atomic mass is 9.91. The molecule has 1 unspecified atom stereocenters. The van der Waals surface area contributed by atoms with Crippen LogP contribution in [0.3, 0.4) is 0 Å². The number of rotatable bonds is 3. The predicted octanol–water partition coefficient (Wildman–Crippen LogP) is 3.04. The first-order valence-electron chi connectivity index (χ1n) is 4.64. The van der Waals surface area contributed by atoms with Gasteiger partial charge in [0.25, 0.3) is 0 Å². The third-order valence-corrected chi connectivity index (χ3v) is 3.17. The SMILES string of the molecule is CCC(C)(N)c1ccc(OC)c(Br)c1. The van der Waals surface area contributed by atoms with E-state index in [2.05, 4.69) is 22.9 Å². The van der Waals surface area contributed by atoms with E-state index in [1.807, 2.05) is 25.1 Å². The minimum Gasteiger partial charge on any atom is -0.496 e. The van der Waals surface area contributed by atoms with E-state index in [-0.39, 0.29) is 5.54 Å². The second-order valence-corrected chi connectivity index (χ2v) is 4.47. The summed E-state index contributed by atoms with van der Waals surface area (Å²) >= 11 is 3.45. The molecular weight excluding hydrogens is 242 g/mol. The van der Waals surface area contributed by atoms with E-state index in [0.717, 1.165) is 22.2 Å². The molecule has 3 heteroatoms. The van der Waals surface area contributed by atoms with Gasteiger partial charge >= 0.3 is 0 Å². The maximum absolute atomic E-state index is 6.14. The van der Waals surface area contributed by atoms with Crippen LogP contribution < -0.4 is 10.5 Å². The van der Waals surface area contributed by atoms with E-state index < -0.39 is 0 Å². The maximum Gasteiger partial charge on any atom is 0.133 e. The zero-order chi connectivity index (χ0) is 10.8. The predicted molar refractivity (Wildman–Crippen MR) is 62.5 cm³/mol. The summed E-state index contributed by atoms with van der Waals surface area (Å²) in [7, 11) is 1.65. The molecule has 78 valence electrons. The van der Waals surface area contributed by atoms with Gasteiger partial charge in [-0.15, -0.1) is 0 Å². The topological polar surface area (TPSA) is 35.2 Å². The number of ether oxygens (including phenoxy) is 1. The summed E-state index contributed by atoms with van der Waals surface area (Å²) in [5.74, 6) is 0.834. The van der Waals surface area contributed by atoms with Gasteiger partial charge in [0.2, 0.25) is 0 Å². The van der Waals surface area contributed by atoms with E-state index in [4.69, 9.17) is 10.5 Å². The molecule has 0 aliphatic rings. The molecule has 0 saturated heterocycles. The zero-order valence-electron chi connectivity index (χ0n) is 8.80. The Morgan fingerprint density at radius 3 is 2.57 bits per heavy atom. The van der Waals surface area contributed by atoms with Crippen molar-refractivity contribution in [3.63, 3.8) is 0 Å². The van der Waals surface area contributed by atoms with Crippen LogP contribution in [0.2, 0.25) is 0 Å². The Bertz CT molecular complexity index is 323. The molecule has 0 aromatic heterocycles. The largest absolute Gasteiger partial charge is 0.496 e. The molecule has 1 aromatic carbocycles. The average Bonchev–Trinajstić information content (AvgIpc) is 2.17. The average molecular weight is 258 g/mol. The minimum atomic E-state index is -0.269. The second-order valence-electron chi connectivity index (χ2n) is 3.62. The molecule has 0 fully saturated rings. The number of methoxy groups -OCH3 is 1. The normalized spacial score (nSPS) is 14.9. The van der Waals surface area contributed by atoms with Crippen molar-refractivity contribution in [2.75, 3.05) is 7.11 Å². The molecule has 1 aromatic rings. The third-order valence-electron chi connectivity index (χ3n) is 2.55. The molecular formula is C11H16BrNO. The summed E-state index contributed by atoms with van der Waals surface area (Å²) in [5.41, 5.74) is 6.99. The molecule has 0 heterocycles. The molecule has 1 rings (SSSR count). The molecule has 0 aliphatic carbocycles. The summed E-state index contributed by atoms with van der Waals surface area (Å²) in [6.45, 7) is 4.11. The van der Waals surface area contributed by atoms with Crippen LogP contribution in [-0.2, 0) is 5.54 Å². The lowest BCUT2D eigenvalue weighted by Gasteiger charge is -2.23. The number of hydrogen-bond acceptors (Lipinski definition) is 2. The number of halogens is 1. The van der Waals surface area contributed by atoms with E-state index in [1.165, 1.54) is 0 Å². The van der Waals surface area contributed by atoms with Crippen molar-refractivity contribution in [3.8, 4) is 5.75 Å². The van der Waals surface area contributed by atoms with E-state index in [0.29, 0.717) is 0 Å². The van der Waals surface area contributed by atoms with Crippen molar-refractivity contribution >= 4 is 15.9 Å². The van der Waals surface area contributed by atoms with Gasteiger partial charge in [-0.05, 0) is 47.0 Å². The molecule has 2 N–H and O–H groups in total. The molecule has 2 nitrogen and oxygen atoms in total. The number of nitrogens with two attached hydrogens (primary N) is 1. The maximum atomic E-state index is 6.14. The van der Waals surface area contributed by atoms with Gasteiger partial charge in [0, 0.05) is 5.54 Å². The Morgan fingerprint density at radius 2 is 2.14 bits per heavy atom. The second kappa shape index (κ2) is 4.32. The molecule has 0 amide bonds. The molecule has 0 radical (unpaired) electrons. The molecule has 0 spiro atoms. The molecule has 0 bridgehead atoms. The van der Waals surface area contributed by atoms with Gasteiger partial charge in [0.05, 0.1) is 11.6 Å². The Balaban J connectivity index is 3.08. The van der Waals surface area contributed by atoms with E-state index in [9.17, 15) is 0 Å². The lowest BCUT2D eigenvalue weighted by Crippen LogP contribution is -2.31. The zero-order valence-corrected chi connectivity index (χ0v) is 10.4.